The molecule has 144 valence electrons. The lowest BCUT2D eigenvalue weighted by molar-refractivity contribution is -0.142. The Labute approximate surface area is 166 Å². The van der Waals surface area contributed by atoms with Crippen molar-refractivity contribution in [2.75, 3.05) is 13.2 Å². The molecular weight excluding hydrogens is 362 g/mol. The first-order valence-corrected chi connectivity index (χ1v) is 9.52. The van der Waals surface area contributed by atoms with Crippen LogP contribution >= 0.6 is 11.6 Å². The number of hydrogen-bond acceptors (Lipinski definition) is 3. The van der Waals surface area contributed by atoms with Gasteiger partial charge in [0.2, 0.25) is 5.91 Å². The number of halogens is 1. The van der Waals surface area contributed by atoms with Gasteiger partial charge >= 0.3 is 5.97 Å². The Morgan fingerprint density at radius 1 is 1.11 bits per heavy atom. The second kappa shape index (κ2) is 9.56. The molecule has 0 bridgehead atoms. The van der Waals surface area contributed by atoms with Crippen molar-refractivity contribution in [3.8, 4) is 11.1 Å². The van der Waals surface area contributed by atoms with Gasteiger partial charge in [-0.05, 0) is 55.2 Å². The highest BCUT2D eigenvalue weighted by atomic mass is 35.5. The minimum absolute atomic E-state index is 0.0408. The SMILES string of the molecule is CCOC(=O)Cc1cc(Cl)cc(-c2ccc(C)cc2CN(CC)C(C)=O)c1. The van der Waals surface area contributed by atoms with Gasteiger partial charge in [-0.2, -0.15) is 0 Å². The molecule has 0 aromatic heterocycles. The number of ether oxygens (including phenoxy) is 1. The summed E-state index contributed by atoms with van der Waals surface area (Å²) in [6, 6.07) is 11.8. The summed E-state index contributed by atoms with van der Waals surface area (Å²) in [6.07, 6.45) is 0.178. The molecule has 5 heteroatoms. The van der Waals surface area contributed by atoms with Crippen LogP contribution in [0, 0.1) is 6.92 Å². The first-order valence-electron chi connectivity index (χ1n) is 9.14. The van der Waals surface area contributed by atoms with E-state index in [4.69, 9.17) is 16.3 Å². The van der Waals surface area contributed by atoms with Crippen molar-refractivity contribution < 1.29 is 14.3 Å². The van der Waals surface area contributed by atoms with E-state index in [9.17, 15) is 9.59 Å². The minimum atomic E-state index is -0.274. The van der Waals surface area contributed by atoms with Crippen molar-refractivity contribution in [1.29, 1.82) is 0 Å². The number of rotatable bonds is 7. The molecule has 4 nitrogen and oxygen atoms in total. The first-order chi connectivity index (χ1) is 12.8. The van der Waals surface area contributed by atoms with E-state index < -0.39 is 0 Å². The predicted molar refractivity (Wildman–Crippen MR) is 109 cm³/mol. The van der Waals surface area contributed by atoms with Gasteiger partial charge in [-0.1, -0.05) is 41.4 Å². The molecule has 0 spiro atoms. The lowest BCUT2D eigenvalue weighted by Gasteiger charge is -2.21. The Bertz CT molecular complexity index is 832. The van der Waals surface area contributed by atoms with Crippen molar-refractivity contribution in [1.82, 2.24) is 4.90 Å². The van der Waals surface area contributed by atoms with Gasteiger partial charge in [0.25, 0.3) is 0 Å². The van der Waals surface area contributed by atoms with Gasteiger partial charge in [0.15, 0.2) is 0 Å². The Balaban J connectivity index is 2.43. The number of amides is 1. The fourth-order valence-electron chi connectivity index (χ4n) is 3.07. The Morgan fingerprint density at radius 2 is 1.85 bits per heavy atom. The van der Waals surface area contributed by atoms with Gasteiger partial charge in [0, 0.05) is 25.0 Å². The number of benzene rings is 2. The van der Waals surface area contributed by atoms with Crippen molar-refractivity contribution in [2.45, 2.75) is 40.7 Å². The van der Waals surface area contributed by atoms with E-state index in [0.29, 0.717) is 24.7 Å². The number of hydrogen-bond donors (Lipinski definition) is 0. The molecule has 0 unspecified atom stereocenters. The van der Waals surface area contributed by atoms with E-state index in [2.05, 4.69) is 6.07 Å². The van der Waals surface area contributed by atoms with Gasteiger partial charge in [-0.15, -0.1) is 0 Å². The van der Waals surface area contributed by atoms with E-state index in [1.165, 1.54) is 0 Å². The summed E-state index contributed by atoms with van der Waals surface area (Å²) < 4.78 is 5.04. The molecule has 2 rings (SSSR count). The zero-order valence-corrected chi connectivity index (χ0v) is 17.1. The molecule has 0 N–H and O–H groups in total. The maximum Gasteiger partial charge on any atom is 0.310 e. The third-order valence-electron chi connectivity index (χ3n) is 4.37. The van der Waals surface area contributed by atoms with Crippen molar-refractivity contribution >= 4 is 23.5 Å². The van der Waals surface area contributed by atoms with Gasteiger partial charge in [0.1, 0.15) is 0 Å². The minimum Gasteiger partial charge on any atom is -0.466 e. The average molecular weight is 388 g/mol. The summed E-state index contributed by atoms with van der Waals surface area (Å²) in [6.45, 7) is 8.89. The molecule has 1 amide bonds. The van der Waals surface area contributed by atoms with E-state index in [-0.39, 0.29) is 18.3 Å². The highest BCUT2D eigenvalue weighted by molar-refractivity contribution is 6.31. The first kappa shape index (κ1) is 21.0. The molecule has 0 fully saturated rings. The smallest absolute Gasteiger partial charge is 0.310 e. The molecular formula is C22H26ClNO3. The molecule has 0 aliphatic heterocycles. The fourth-order valence-corrected chi connectivity index (χ4v) is 3.33. The number of carbonyl (C=O) groups excluding carboxylic acids is 2. The average Bonchev–Trinajstić information content (AvgIpc) is 2.59. The topological polar surface area (TPSA) is 46.6 Å². The monoisotopic (exact) mass is 387 g/mol. The fraction of sp³-hybridized carbons (Fsp3) is 0.364. The van der Waals surface area contributed by atoms with Crippen LogP contribution in [0.25, 0.3) is 11.1 Å². The highest BCUT2D eigenvalue weighted by Gasteiger charge is 2.14. The molecule has 0 saturated carbocycles. The number of aryl methyl sites for hydroxylation is 1. The van der Waals surface area contributed by atoms with Gasteiger partial charge < -0.3 is 9.64 Å². The van der Waals surface area contributed by atoms with Gasteiger partial charge in [-0.25, -0.2) is 0 Å². The largest absolute Gasteiger partial charge is 0.466 e. The van der Waals surface area contributed by atoms with Crippen molar-refractivity contribution in [3.63, 3.8) is 0 Å². The van der Waals surface area contributed by atoms with E-state index in [0.717, 1.165) is 27.8 Å². The number of nitrogens with zero attached hydrogens (tertiary/aromatic N) is 1. The molecule has 0 radical (unpaired) electrons. The van der Waals surface area contributed by atoms with Crippen LogP contribution in [-0.2, 0) is 27.3 Å². The lowest BCUT2D eigenvalue weighted by atomic mass is 9.95. The van der Waals surface area contributed by atoms with Crippen LogP contribution in [0.2, 0.25) is 5.02 Å². The summed E-state index contributed by atoms with van der Waals surface area (Å²) >= 11 is 6.31. The summed E-state index contributed by atoms with van der Waals surface area (Å²) in [5, 5.41) is 0.567. The second-order valence-corrected chi connectivity index (χ2v) is 6.96. The van der Waals surface area contributed by atoms with E-state index in [1.807, 2.05) is 38.1 Å². The Morgan fingerprint density at radius 3 is 2.48 bits per heavy atom. The third kappa shape index (κ3) is 5.83. The zero-order valence-electron chi connectivity index (χ0n) is 16.3. The van der Waals surface area contributed by atoms with Crippen LogP contribution in [-0.4, -0.2) is 29.9 Å². The Kier molecular flexibility index (Phi) is 7.43. The maximum atomic E-state index is 11.9. The van der Waals surface area contributed by atoms with Crippen LogP contribution in [0.1, 0.15) is 37.5 Å². The third-order valence-corrected chi connectivity index (χ3v) is 4.59. The zero-order chi connectivity index (χ0) is 20.0. The maximum absolute atomic E-state index is 11.9. The molecule has 0 aliphatic rings. The number of esters is 1. The van der Waals surface area contributed by atoms with Gasteiger partial charge in [-0.3, -0.25) is 9.59 Å². The van der Waals surface area contributed by atoms with Crippen LogP contribution in [0.4, 0.5) is 0 Å². The summed E-state index contributed by atoms with van der Waals surface area (Å²) in [5.41, 5.74) is 4.92. The summed E-state index contributed by atoms with van der Waals surface area (Å²) in [4.78, 5) is 25.5. The van der Waals surface area contributed by atoms with Crippen LogP contribution in [0.5, 0.6) is 0 Å². The van der Waals surface area contributed by atoms with Crippen molar-refractivity contribution in [3.05, 3.63) is 58.1 Å². The van der Waals surface area contributed by atoms with E-state index in [1.54, 1.807) is 24.8 Å². The van der Waals surface area contributed by atoms with Crippen LogP contribution in [0.3, 0.4) is 0 Å². The van der Waals surface area contributed by atoms with Crippen LogP contribution in [0.15, 0.2) is 36.4 Å². The van der Waals surface area contributed by atoms with Crippen LogP contribution < -0.4 is 0 Å². The molecule has 0 aliphatic carbocycles. The predicted octanol–water partition coefficient (Wildman–Crippen LogP) is 4.79. The quantitative estimate of drug-likeness (QED) is 0.641. The van der Waals surface area contributed by atoms with E-state index >= 15 is 0 Å². The Hall–Kier alpha value is -2.33. The normalized spacial score (nSPS) is 10.6. The van der Waals surface area contributed by atoms with Gasteiger partial charge in [0.05, 0.1) is 13.0 Å². The molecule has 0 heterocycles. The second-order valence-electron chi connectivity index (χ2n) is 6.52. The molecule has 2 aromatic rings. The summed E-state index contributed by atoms with van der Waals surface area (Å²) in [5.74, 6) is -0.234. The number of carbonyl (C=O) groups is 2. The highest BCUT2D eigenvalue weighted by Crippen LogP contribution is 2.30. The molecule has 0 saturated heterocycles. The summed E-state index contributed by atoms with van der Waals surface area (Å²) in [7, 11) is 0. The van der Waals surface area contributed by atoms with Crippen molar-refractivity contribution in [2.24, 2.45) is 0 Å². The standard InChI is InChI=1S/C22H26ClNO3/c1-5-24(16(4)25)14-19-9-15(3)7-8-21(19)18-10-17(11-20(23)13-18)12-22(26)27-6-2/h7-11,13H,5-6,12,14H2,1-4H3. The molecule has 27 heavy (non-hydrogen) atoms. The lowest BCUT2D eigenvalue weighted by Crippen LogP contribution is -2.28. The molecule has 2 aromatic carbocycles. The molecule has 0 atom stereocenters.